The van der Waals surface area contributed by atoms with E-state index in [0.717, 1.165) is 52.9 Å². The number of aromatic nitrogens is 3. The lowest BCUT2D eigenvalue weighted by Crippen LogP contribution is -2.24. The van der Waals surface area contributed by atoms with E-state index in [1.165, 1.54) is 0 Å². The van der Waals surface area contributed by atoms with E-state index in [1.54, 1.807) is 6.07 Å². The second kappa shape index (κ2) is 9.67. The van der Waals surface area contributed by atoms with Crippen molar-refractivity contribution in [2.75, 3.05) is 5.73 Å². The van der Waals surface area contributed by atoms with Gasteiger partial charge in [-0.3, -0.25) is 0 Å². The number of ether oxygens (including phenoxy) is 1. The summed E-state index contributed by atoms with van der Waals surface area (Å²) in [5, 5.41) is 0. The molecule has 0 saturated heterocycles. The van der Waals surface area contributed by atoms with E-state index in [-0.39, 0.29) is 5.97 Å². The van der Waals surface area contributed by atoms with Gasteiger partial charge in [0.05, 0.1) is 12.1 Å². The van der Waals surface area contributed by atoms with Crippen LogP contribution in [0.5, 0.6) is 0 Å². The Labute approximate surface area is 200 Å². The average molecular weight is 457 g/mol. The minimum atomic E-state index is -0.547. The first-order valence-corrected chi connectivity index (χ1v) is 11.8. The second-order valence-electron chi connectivity index (χ2n) is 9.54. The number of fused-ring (bicyclic) bond motifs is 1. The van der Waals surface area contributed by atoms with Crippen molar-refractivity contribution in [3.8, 4) is 11.1 Å². The number of rotatable bonds is 7. The third kappa shape index (κ3) is 5.28. The zero-order valence-corrected chi connectivity index (χ0v) is 20.3. The molecule has 0 fully saturated rings. The van der Waals surface area contributed by atoms with Gasteiger partial charge in [0.15, 0.2) is 5.65 Å². The van der Waals surface area contributed by atoms with E-state index in [2.05, 4.69) is 28.6 Å². The zero-order chi connectivity index (χ0) is 24.3. The number of carbonyl (C=O) groups excluding carboxylic acids is 1. The number of pyridine rings is 1. The Hall–Kier alpha value is -3.67. The highest BCUT2D eigenvalue weighted by atomic mass is 16.6. The summed E-state index contributed by atoms with van der Waals surface area (Å²) in [6.45, 7) is 8.45. The SMILES string of the molecule is CCCCc1nc2ccc(N)nc2n1Cc1ccc(-c2ccccc2C(=O)OC(C)(C)C)cc1. The fraction of sp³-hybridized carbons (Fsp3) is 0.321. The van der Waals surface area contributed by atoms with Gasteiger partial charge in [0, 0.05) is 6.42 Å². The standard InChI is InChI=1S/C28H32N4O2/c1-5-6-11-25-30-23-16-17-24(29)31-26(23)32(25)18-19-12-14-20(15-13-19)21-9-7-8-10-22(21)27(33)34-28(2,3)4/h7-10,12-17H,5-6,11,18H2,1-4H3,(H2,29,31). The van der Waals surface area contributed by atoms with E-state index in [9.17, 15) is 4.79 Å². The van der Waals surface area contributed by atoms with Gasteiger partial charge < -0.3 is 15.0 Å². The van der Waals surface area contributed by atoms with Crippen LogP contribution in [-0.4, -0.2) is 26.1 Å². The Morgan fingerprint density at radius 3 is 2.44 bits per heavy atom. The van der Waals surface area contributed by atoms with Gasteiger partial charge in [-0.1, -0.05) is 55.8 Å². The van der Waals surface area contributed by atoms with Crippen molar-refractivity contribution in [2.24, 2.45) is 0 Å². The number of carbonyl (C=O) groups is 1. The number of nitrogens with zero attached hydrogens (tertiary/aromatic N) is 3. The fourth-order valence-electron chi connectivity index (χ4n) is 3.97. The van der Waals surface area contributed by atoms with Crippen molar-refractivity contribution < 1.29 is 9.53 Å². The molecular weight excluding hydrogens is 424 g/mol. The number of hydrogen-bond acceptors (Lipinski definition) is 5. The van der Waals surface area contributed by atoms with E-state index in [0.29, 0.717) is 17.9 Å². The van der Waals surface area contributed by atoms with E-state index in [4.69, 9.17) is 15.5 Å². The van der Waals surface area contributed by atoms with Gasteiger partial charge in [-0.15, -0.1) is 0 Å². The quantitative estimate of drug-likeness (QED) is 0.344. The summed E-state index contributed by atoms with van der Waals surface area (Å²) in [7, 11) is 0. The van der Waals surface area contributed by atoms with Gasteiger partial charge in [-0.25, -0.2) is 14.8 Å². The molecule has 4 rings (SSSR count). The first-order valence-electron chi connectivity index (χ1n) is 11.8. The van der Waals surface area contributed by atoms with Gasteiger partial charge >= 0.3 is 5.97 Å². The van der Waals surface area contributed by atoms with E-state index in [1.807, 2.05) is 63.2 Å². The molecule has 6 heteroatoms. The van der Waals surface area contributed by atoms with Crippen molar-refractivity contribution in [2.45, 2.75) is 59.1 Å². The predicted molar refractivity (Wildman–Crippen MR) is 137 cm³/mol. The number of nitrogens with two attached hydrogens (primary N) is 1. The summed E-state index contributed by atoms with van der Waals surface area (Å²) < 4.78 is 7.77. The molecule has 0 amide bonds. The number of hydrogen-bond donors (Lipinski definition) is 1. The first-order chi connectivity index (χ1) is 16.2. The van der Waals surface area contributed by atoms with Crippen LogP contribution in [0.3, 0.4) is 0 Å². The molecule has 6 nitrogen and oxygen atoms in total. The van der Waals surface area contributed by atoms with Crippen LogP contribution in [0.15, 0.2) is 60.7 Å². The van der Waals surface area contributed by atoms with Gasteiger partial charge in [0.1, 0.15) is 22.8 Å². The largest absolute Gasteiger partial charge is 0.456 e. The lowest BCUT2D eigenvalue weighted by molar-refractivity contribution is 0.00704. The molecule has 2 heterocycles. The first kappa shape index (κ1) is 23.5. The topological polar surface area (TPSA) is 83.0 Å². The lowest BCUT2D eigenvalue weighted by atomic mass is 9.98. The summed E-state index contributed by atoms with van der Waals surface area (Å²) in [5.74, 6) is 1.19. The molecule has 0 aliphatic carbocycles. The number of imidazole rings is 1. The molecule has 0 spiro atoms. The van der Waals surface area contributed by atoms with Crippen LogP contribution < -0.4 is 5.73 Å². The molecule has 0 radical (unpaired) electrons. The Kier molecular flexibility index (Phi) is 6.68. The molecule has 0 aliphatic rings. The van der Waals surface area contributed by atoms with Crippen molar-refractivity contribution >= 4 is 23.0 Å². The predicted octanol–water partition coefficient (Wildman–Crippen LogP) is 6.03. The third-order valence-corrected chi connectivity index (χ3v) is 5.60. The second-order valence-corrected chi connectivity index (χ2v) is 9.54. The highest BCUT2D eigenvalue weighted by molar-refractivity contribution is 5.97. The Morgan fingerprint density at radius 2 is 1.74 bits per heavy atom. The highest BCUT2D eigenvalue weighted by Gasteiger charge is 2.20. The normalized spacial score (nSPS) is 11.6. The maximum Gasteiger partial charge on any atom is 0.339 e. The van der Waals surface area contributed by atoms with Crippen LogP contribution in [0.1, 0.15) is 62.3 Å². The molecule has 0 bridgehead atoms. The number of aryl methyl sites for hydroxylation is 1. The number of unbranched alkanes of at least 4 members (excludes halogenated alkanes) is 1. The molecule has 2 aromatic heterocycles. The smallest absolute Gasteiger partial charge is 0.339 e. The fourth-order valence-corrected chi connectivity index (χ4v) is 3.97. The lowest BCUT2D eigenvalue weighted by Gasteiger charge is -2.20. The van der Waals surface area contributed by atoms with Crippen LogP contribution in [0.4, 0.5) is 5.82 Å². The molecule has 0 saturated carbocycles. The molecule has 2 aromatic carbocycles. The van der Waals surface area contributed by atoms with Crippen molar-refractivity contribution in [3.05, 3.63) is 77.6 Å². The molecule has 34 heavy (non-hydrogen) atoms. The highest BCUT2D eigenvalue weighted by Crippen LogP contribution is 2.27. The van der Waals surface area contributed by atoms with Crippen molar-refractivity contribution in [1.82, 2.24) is 14.5 Å². The molecule has 2 N–H and O–H groups in total. The summed E-state index contributed by atoms with van der Waals surface area (Å²) in [6.07, 6.45) is 3.07. The van der Waals surface area contributed by atoms with Gasteiger partial charge in [-0.2, -0.15) is 0 Å². The average Bonchev–Trinajstić information content (AvgIpc) is 3.13. The van der Waals surface area contributed by atoms with Gasteiger partial charge in [0.25, 0.3) is 0 Å². The van der Waals surface area contributed by atoms with Crippen molar-refractivity contribution in [1.29, 1.82) is 0 Å². The molecule has 0 aliphatic heterocycles. The molecule has 0 atom stereocenters. The van der Waals surface area contributed by atoms with E-state index >= 15 is 0 Å². The Bertz CT molecular complexity index is 1300. The number of nitrogen functional groups attached to an aromatic ring is 1. The molecule has 0 unspecified atom stereocenters. The van der Waals surface area contributed by atoms with Crippen LogP contribution in [0, 0.1) is 0 Å². The summed E-state index contributed by atoms with van der Waals surface area (Å²) in [5.41, 5.74) is 10.6. The van der Waals surface area contributed by atoms with Crippen LogP contribution in [0.2, 0.25) is 0 Å². The van der Waals surface area contributed by atoms with Gasteiger partial charge in [0.2, 0.25) is 0 Å². The number of esters is 1. The Balaban J connectivity index is 1.64. The molecular formula is C28H32N4O2. The zero-order valence-electron chi connectivity index (χ0n) is 20.3. The number of anilines is 1. The maximum atomic E-state index is 12.8. The monoisotopic (exact) mass is 456 g/mol. The minimum Gasteiger partial charge on any atom is -0.456 e. The molecule has 4 aromatic rings. The van der Waals surface area contributed by atoms with Crippen molar-refractivity contribution in [3.63, 3.8) is 0 Å². The third-order valence-electron chi connectivity index (χ3n) is 5.60. The van der Waals surface area contributed by atoms with Crippen LogP contribution in [0.25, 0.3) is 22.3 Å². The van der Waals surface area contributed by atoms with E-state index < -0.39 is 5.60 Å². The minimum absolute atomic E-state index is 0.318. The Morgan fingerprint density at radius 1 is 1.00 bits per heavy atom. The maximum absolute atomic E-state index is 12.8. The van der Waals surface area contributed by atoms with Crippen LogP contribution >= 0.6 is 0 Å². The summed E-state index contributed by atoms with van der Waals surface area (Å²) in [4.78, 5) is 22.1. The summed E-state index contributed by atoms with van der Waals surface area (Å²) >= 11 is 0. The molecule has 176 valence electrons. The number of benzene rings is 2. The summed E-state index contributed by atoms with van der Waals surface area (Å²) in [6, 6.07) is 19.5. The van der Waals surface area contributed by atoms with Crippen LogP contribution in [-0.2, 0) is 17.7 Å². The van der Waals surface area contributed by atoms with Gasteiger partial charge in [-0.05, 0) is 62.1 Å².